The van der Waals surface area contributed by atoms with Crippen molar-refractivity contribution >= 4 is 21.4 Å². The Morgan fingerprint density at radius 3 is 2.44 bits per heavy atom. The first-order valence-electron chi connectivity index (χ1n) is 7.84. The van der Waals surface area contributed by atoms with Crippen molar-refractivity contribution in [1.82, 2.24) is 0 Å². The standard InChI is InChI=1S/C18H20FNO4S/c1-3-25(23,24)15-8-9-17(21)16(11-15)20-18(22)10-12(2)13-4-6-14(19)7-5-13/h4-9,11-12,21H,3,10H2,1-2H3,(H,20,22)/t12-/m1/s1. The third kappa shape index (κ3) is 4.79. The molecule has 0 saturated carbocycles. The van der Waals surface area contributed by atoms with Gasteiger partial charge in [-0.2, -0.15) is 0 Å². The molecule has 0 fully saturated rings. The minimum Gasteiger partial charge on any atom is -0.506 e. The number of anilines is 1. The van der Waals surface area contributed by atoms with Crippen molar-refractivity contribution in [2.45, 2.75) is 31.1 Å². The number of carbonyl (C=O) groups excluding carboxylic acids is 1. The van der Waals surface area contributed by atoms with Crippen LogP contribution in [-0.4, -0.2) is 25.2 Å². The monoisotopic (exact) mass is 365 g/mol. The Labute approximate surface area is 146 Å². The van der Waals surface area contributed by atoms with E-state index >= 15 is 0 Å². The molecule has 1 atom stereocenters. The van der Waals surface area contributed by atoms with Gasteiger partial charge in [0, 0.05) is 6.42 Å². The largest absolute Gasteiger partial charge is 0.506 e. The van der Waals surface area contributed by atoms with Crippen LogP contribution in [0.3, 0.4) is 0 Å². The Bertz CT molecular complexity index is 863. The average molecular weight is 365 g/mol. The lowest BCUT2D eigenvalue weighted by molar-refractivity contribution is -0.116. The number of amides is 1. The molecule has 0 aliphatic heterocycles. The van der Waals surface area contributed by atoms with Crippen molar-refractivity contribution < 1.29 is 22.7 Å². The molecule has 0 spiro atoms. The van der Waals surface area contributed by atoms with Crippen LogP contribution in [0.1, 0.15) is 31.7 Å². The second-order valence-corrected chi connectivity index (χ2v) is 8.07. The summed E-state index contributed by atoms with van der Waals surface area (Å²) >= 11 is 0. The van der Waals surface area contributed by atoms with Gasteiger partial charge < -0.3 is 10.4 Å². The first kappa shape index (κ1) is 18.9. The smallest absolute Gasteiger partial charge is 0.225 e. The van der Waals surface area contributed by atoms with E-state index in [1.165, 1.54) is 37.3 Å². The molecule has 1 amide bonds. The summed E-state index contributed by atoms with van der Waals surface area (Å²) in [5.41, 5.74) is 0.855. The molecule has 0 bridgehead atoms. The maximum Gasteiger partial charge on any atom is 0.225 e. The highest BCUT2D eigenvalue weighted by atomic mass is 32.2. The van der Waals surface area contributed by atoms with Gasteiger partial charge in [0.15, 0.2) is 9.84 Å². The number of phenols is 1. The van der Waals surface area contributed by atoms with Gasteiger partial charge in [0.05, 0.1) is 16.3 Å². The maximum atomic E-state index is 13.0. The Kier molecular flexibility index (Phi) is 5.79. The quantitative estimate of drug-likeness (QED) is 0.768. The SMILES string of the molecule is CCS(=O)(=O)c1ccc(O)c(NC(=O)C[C@@H](C)c2ccc(F)cc2)c1. The Hall–Kier alpha value is -2.41. The summed E-state index contributed by atoms with van der Waals surface area (Å²) in [5, 5.41) is 12.4. The topological polar surface area (TPSA) is 83.5 Å². The molecular weight excluding hydrogens is 345 g/mol. The van der Waals surface area contributed by atoms with E-state index in [2.05, 4.69) is 5.32 Å². The van der Waals surface area contributed by atoms with Gasteiger partial charge in [-0.1, -0.05) is 26.0 Å². The molecule has 5 nitrogen and oxygen atoms in total. The zero-order chi connectivity index (χ0) is 18.6. The number of benzene rings is 2. The predicted octanol–water partition coefficient (Wildman–Crippen LogP) is 3.46. The molecule has 0 unspecified atom stereocenters. The molecule has 2 aromatic rings. The van der Waals surface area contributed by atoms with Gasteiger partial charge in [0.1, 0.15) is 11.6 Å². The molecule has 2 N–H and O–H groups in total. The summed E-state index contributed by atoms with van der Waals surface area (Å²) < 4.78 is 36.8. The minimum atomic E-state index is -3.44. The van der Waals surface area contributed by atoms with E-state index in [1.807, 2.05) is 6.92 Å². The van der Waals surface area contributed by atoms with Gasteiger partial charge in [-0.15, -0.1) is 0 Å². The van der Waals surface area contributed by atoms with Gasteiger partial charge in [0.25, 0.3) is 0 Å². The molecule has 0 saturated heterocycles. The number of aromatic hydroxyl groups is 1. The zero-order valence-corrected chi connectivity index (χ0v) is 14.8. The molecule has 0 heterocycles. The Morgan fingerprint density at radius 1 is 1.20 bits per heavy atom. The molecular formula is C18H20FNO4S. The predicted molar refractivity (Wildman–Crippen MR) is 93.9 cm³/mol. The molecule has 134 valence electrons. The summed E-state index contributed by atoms with van der Waals surface area (Å²) in [5.74, 6) is -1.17. The van der Waals surface area contributed by atoms with Crippen LogP contribution < -0.4 is 5.32 Å². The van der Waals surface area contributed by atoms with Gasteiger partial charge in [-0.05, 0) is 41.8 Å². The molecule has 0 aromatic heterocycles. The van der Waals surface area contributed by atoms with Crippen molar-refractivity contribution in [3.05, 3.63) is 53.8 Å². The van der Waals surface area contributed by atoms with Crippen molar-refractivity contribution in [3.8, 4) is 5.75 Å². The van der Waals surface area contributed by atoms with Crippen LogP contribution in [0, 0.1) is 5.82 Å². The van der Waals surface area contributed by atoms with Crippen LogP contribution in [0.4, 0.5) is 10.1 Å². The first-order valence-corrected chi connectivity index (χ1v) is 9.49. The van der Waals surface area contributed by atoms with Crippen LogP contribution in [0.25, 0.3) is 0 Å². The highest BCUT2D eigenvalue weighted by Crippen LogP contribution is 2.28. The summed E-state index contributed by atoms with van der Waals surface area (Å²) in [6.07, 6.45) is 0.107. The number of carbonyl (C=O) groups is 1. The molecule has 2 aromatic carbocycles. The average Bonchev–Trinajstić information content (AvgIpc) is 2.57. The van der Waals surface area contributed by atoms with Crippen LogP contribution in [0.15, 0.2) is 47.4 Å². The van der Waals surface area contributed by atoms with E-state index in [4.69, 9.17) is 0 Å². The van der Waals surface area contributed by atoms with Gasteiger partial charge in [-0.3, -0.25) is 4.79 Å². The summed E-state index contributed by atoms with van der Waals surface area (Å²) in [4.78, 5) is 12.2. The number of halogens is 1. The molecule has 2 rings (SSSR count). The van der Waals surface area contributed by atoms with Crippen LogP contribution in [0.2, 0.25) is 0 Å². The van der Waals surface area contributed by atoms with Gasteiger partial charge >= 0.3 is 0 Å². The zero-order valence-electron chi connectivity index (χ0n) is 14.0. The fourth-order valence-corrected chi connectivity index (χ4v) is 3.27. The highest BCUT2D eigenvalue weighted by Gasteiger charge is 2.17. The summed E-state index contributed by atoms with van der Waals surface area (Å²) in [7, 11) is -3.44. The number of sulfone groups is 1. The highest BCUT2D eigenvalue weighted by molar-refractivity contribution is 7.91. The lowest BCUT2D eigenvalue weighted by Crippen LogP contribution is -2.15. The van der Waals surface area contributed by atoms with Gasteiger partial charge in [-0.25, -0.2) is 12.8 Å². The first-order chi connectivity index (χ1) is 11.7. The fraction of sp³-hybridized carbons (Fsp3) is 0.278. The van der Waals surface area contributed by atoms with E-state index in [1.54, 1.807) is 12.1 Å². The van der Waals surface area contributed by atoms with E-state index < -0.39 is 9.84 Å². The normalized spacial score (nSPS) is 12.6. The third-order valence-corrected chi connectivity index (χ3v) is 5.64. The number of nitrogens with one attached hydrogen (secondary N) is 1. The van der Waals surface area contributed by atoms with E-state index in [0.29, 0.717) is 0 Å². The summed E-state index contributed by atoms with van der Waals surface area (Å²) in [6.45, 7) is 3.34. The second kappa shape index (κ2) is 7.65. The Balaban J connectivity index is 2.12. The number of hydrogen-bond acceptors (Lipinski definition) is 4. The maximum absolute atomic E-state index is 13.0. The van der Waals surface area contributed by atoms with Gasteiger partial charge in [0.2, 0.25) is 5.91 Å². The number of phenolic OH excluding ortho intramolecular Hbond substituents is 1. The minimum absolute atomic E-state index is 0.0367. The van der Waals surface area contributed by atoms with Crippen LogP contribution >= 0.6 is 0 Å². The van der Waals surface area contributed by atoms with Crippen molar-refractivity contribution in [1.29, 1.82) is 0 Å². The lowest BCUT2D eigenvalue weighted by Gasteiger charge is -2.13. The number of rotatable bonds is 6. The van der Waals surface area contributed by atoms with E-state index in [0.717, 1.165) is 5.56 Å². The molecule has 0 aliphatic carbocycles. The van der Waals surface area contributed by atoms with Crippen molar-refractivity contribution in [3.63, 3.8) is 0 Å². The molecule has 0 aliphatic rings. The van der Waals surface area contributed by atoms with Crippen LogP contribution in [-0.2, 0) is 14.6 Å². The molecule has 25 heavy (non-hydrogen) atoms. The van der Waals surface area contributed by atoms with E-state index in [-0.39, 0.29) is 46.1 Å². The summed E-state index contributed by atoms with van der Waals surface area (Å²) in [6, 6.07) is 9.66. The molecule has 0 radical (unpaired) electrons. The van der Waals surface area contributed by atoms with E-state index in [9.17, 15) is 22.7 Å². The number of hydrogen-bond donors (Lipinski definition) is 2. The Morgan fingerprint density at radius 2 is 1.84 bits per heavy atom. The van der Waals surface area contributed by atoms with Crippen molar-refractivity contribution in [2.24, 2.45) is 0 Å². The van der Waals surface area contributed by atoms with Crippen LogP contribution in [0.5, 0.6) is 5.75 Å². The third-order valence-electron chi connectivity index (χ3n) is 3.91. The molecule has 7 heteroatoms. The second-order valence-electron chi connectivity index (χ2n) is 5.79. The fourth-order valence-electron chi connectivity index (χ4n) is 2.36. The lowest BCUT2D eigenvalue weighted by atomic mass is 9.97. The van der Waals surface area contributed by atoms with Crippen molar-refractivity contribution in [2.75, 3.05) is 11.1 Å².